The van der Waals surface area contributed by atoms with E-state index in [1.165, 1.54) is 5.56 Å². The van der Waals surface area contributed by atoms with Crippen LogP contribution in [-0.2, 0) is 12.8 Å². The lowest BCUT2D eigenvalue weighted by Crippen LogP contribution is -1.97. The Hall–Kier alpha value is -2.14. The molecule has 0 aliphatic carbocycles. The van der Waals surface area contributed by atoms with Gasteiger partial charge in [-0.25, -0.2) is 4.98 Å². The number of benzene rings is 1. The molecule has 2 aromatic rings. The van der Waals surface area contributed by atoms with Gasteiger partial charge in [0.15, 0.2) is 0 Å². The van der Waals surface area contributed by atoms with Crippen LogP contribution in [0.3, 0.4) is 0 Å². The molecule has 0 bridgehead atoms. The summed E-state index contributed by atoms with van der Waals surface area (Å²) in [6.45, 7) is 14.0. The summed E-state index contributed by atoms with van der Waals surface area (Å²) >= 11 is 0. The third-order valence-corrected chi connectivity index (χ3v) is 2.74. The molecule has 0 spiro atoms. The predicted molar refractivity (Wildman–Crippen MR) is 102 cm³/mol. The monoisotopic (exact) mass is 312 g/mol. The van der Waals surface area contributed by atoms with Gasteiger partial charge in [0.05, 0.1) is 0 Å². The number of hydrogen-bond donors (Lipinski definition) is 0. The van der Waals surface area contributed by atoms with E-state index in [4.69, 9.17) is 5.26 Å². The molecule has 126 valence electrons. The maximum Gasteiger partial charge on any atom is 0.143 e. The van der Waals surface area contributed by atoms with E-state index < -0.39 is 0 Å². The Bertz CT molecular complexity index is 540. The molecule has 1 aromatic heterocycles. The molecule has 2 heteroatoms. The van der Waals surface area contributed by atoms with Gasteiger partial charge in [-0.3, -0.25) is 0 Å². The van der Waals surface area contributed by atoms with Crippen LogP contribution in [0.2, 0.25) is 0 Å². The van der Waals surface area contributed by atoms with Crippen molar-refractivity contribution in [3.8, 4) is 6.07 Å². The summed E-state index contributed by atoms with van der Waals surface area (Å²) in [6.07, 6.45) is 3.55. The zero-order chi connectivity index (χ0) is 18.1. The molecule has 23 heavy (non-hydrogen) atoms. The fourth-order valence-electron chi connectivity index (χ4n) is 1.84. The molecular weight excluding hydrogens is 280 g/mol. The fraction of sp³-hybridized carbons (Fsp3) is 0.429. The lowest BCUT2D eigenvalue weighted by molar-refractivity contribution is 0.938. The first-order valence-corrected chi connectivity index (χ1v) is 8.69. The summed E-state index contributed by atoms with van der Waals surface area (Å²) in [5.41, 5.74) is 3.98. The molecule has 0 atom stereocenters. The van der Waals surface area contributed by atoms with Gasteiger partial charge in [0.1, 0.15) is 11.8 Å². The van der Waals surface area contributed by atoms with Crippen molar-refractivity contribution < 1.29 is 0 Å². The Morgan fingerprint density at radius 2 is 1.48 bits per heavy atom. The smallest absolute Gasteiger partial charge is 0.143 e. The Balaban J connectivity index is 0. The van der Waals surface area contributed by atoms with E-state index in [1.54, 1.807) is 6.20 Å². The Labute approximate surface area is 143 Å². The van der Waals surface area contributed by atoms with Gasteiger partial charge in [-0.15, -0.1) is 0 Å². The second kappa shape index (κ2) is 16.2. The van der Waals surface area contributed by atoms with Crippen LogP contribution >= 0.6 is 0 Å². The van der Waals surface area contributed by atoms with Gasteiger partial charge in [0.25, 0.3) is 0 Å². The quantitative estimate of drug-likeness (QED) is 0.684. The molecule has 0 aliphatic heterocycles. The van der Waals surface area contributed by atoms with Crippen LogP contribution < -0.4 is 0 Å². The van der Waals surface area contributed by atoms with E-state index in [-0.39, 0.29) is 0 Å². The number of hydrogen-bond acceptors (Lipinski definition) is 2. The van der Waals surface area contributed by atoms with Crippen molar-refractivity contribution in [2.24, 2.45) is 0 Å². The van der Waals surface area contributed by atoms with Crippen molar-refractivity contribution in [1.29, 1.82) is 5.26 Å². The van der Waals surface area contributed by atoms with Crippen LogP contribution in [0.25, 0.3) is 0 Å². The lowest BCUT2D eigenvalue weighted by Gasteiger charge is -2.04. The third kappa shape index (κ3) is 9.47. The van der Waals surface area contributed by atoms with E-state index in [0.717, 1.165) is 24.0 Å². The van der Waals surface area contributed by atoms with Crippen molar-refractivity contribution in [2.45, 2.75) is 61.3 Å². The summed E-state index contributed by atoms with van der Waals surface area (Å²) in [5, 5.41) is 8.99. The zero-order valence-electron chi connectivity index (χ0n) is 15.9. The first-order chi connectivity index (χ1) is 11.3. The number of rotatable bonds is 3. The molecule has 2 rings (SSSR count). The highest BCUT2D eigenvalue weighted by Crippen LogP contribution is 2.11. The van der Waals surface area contributed by atoms with Crippen LogP contribution in [0.5, 0.6) is 0 Å². The largest absolute Gasteiger partial charge is 0.245 e. The normalized spacial score (nSPS) is 8.09. The van der Waals surface area contributed by atoms with E-state index in [9.17, 15) is 0 Å². The predicted octanol–water partition coefficient (Wildman–Crippen LogP) is 6.13. The minimum absolute atomic E-state index is 0.548. The maximum atomic E-state index is 8.99. The van der Waals surface area contributed by atoms with Crippen LogP contribution in [0.1, 0.15) is 63.9 Å². The SMILES string of the molecule is CC.CC.CC.Cc1cnc(C#N)c(CCc2ccccc2)c1. The molecule has 0 N–H and O–H groups in total. The fourth-order valence-corrected chi connectivity index (χ4v) is 1.84. The van der Waals surface area contributed by atoms with Gasteiger partial charge in [0.2, 0.25) is 0 Å². The lowest BCUT2D eigenvalue weighted by atomic mass is 10.0. The first kappa shape index (κ1) is 23.1. The van der Waals surface area contributed by atoms with E-state index in [0.29, 0.717) is 5.69 Å². The molecule has 1 aromatic carbocycles. The highest BCUT2D eigenvalue weighted by molar-refractivity contribution is 5.34. The Kier molecular flexibility index (Phi) is 16.3. The summed E-state index contributed by atoms with van der Waals surface area (Å²) < 4.78 is 0. The van der Waals surface area contributed by atoms with Crippen molar-refractivity contribution >= 4 is 0 Å². The van der Waals surface area contributed by atoms with E-state index in [2.05, 4.69) is 29.3 Å². The topological polar surface area (TPSA) is 36.7 Å². The maximum absolute atomic E-state index is 8.99. The Morgan fingerprint density at radius 1 is 0.913 bits per heavy atom. The van der Waals surface area contributed by atoms with Crippen LogP contribution in [0, 0.1) is 18.3 Å². The number of aryl methyl sites for hydroxylation is 3. The Morgan fingerprint density at radius 3 is 2.00 bits per heavy atom. The average molecular weight is 313 g/mol. The average Bonchev–Trinajstić information content (AvgIpc) is 2.66. The molecule has 1 heterocycles. The molecule has 0 amide bonds. The van der Waals surface area contributed by atoms with Gasteiger partial charge in [0, 0.05) is 6.20 Å². The van der Waals surface area contributed by atoms with Gasteiger partial charge in [-0.1, -0.05) is 77.9 Å². The zero-order valence-corrected chi connectivity index (χ0v) is 15.9. The summed E-state index contributed by atoms with van der Waals surface area (Å²) in [6, 6.07) is 14.5. The van der Waals surface area contributed by atoms with E-state index >= 15 is 0 Å². The molecule has 0 unspecified atom stereocenters. The number of aromatic nitrogens is 1. The van der Waals surface area contributed by atoms with Gasteiger partial charge >= 0.3 is 0 Å². The summed E-state index contributed by atoms with van der Waals surface area (Å²) in [7, 11) is 0. The number of nitriles is 1. The molecule has 2 nitrogen and oxygen atoms in total. The molecule has 0 radical (unpaired) electrons. The summed E-state index contributed by atoms with van der Waals surface area (Å²) in [5.74, 6) is 0. The second-order valence-corrected chi connectivity index (χ2v) is 4.12. The first-order valence-electron chi connectivity index (χ1n) is 8.69. The van der Waals surface area contributed by atoms with Gasteiger partial charge in [-0.05, 0) is 36.5 Å². The second-order valence-electron chi connectivity index (χ2n) is 4.12. The van der Waals surface area contributed by atoms with Crippen LogP contribution in [-0.4, -0.2) is 4.98 Å². The van der Waals surface area contributed by atoms with Crippen molar-refractivity contribution in [2.75, 3.05) is 0 Å². The van der Waals surface area contributed by atoms with E-state index in [1.807, 2.05) is 66.7 Å². The van der Waals surface area contributed by atoms with Crippen LogP contribution in [0.15, 0.2) is 42.6 Å². The van der Waals surface area contributed by atoms with Crippen LogP contribution in [0.4, 0.5) is 0 Å². The third-order valence-electron chi connectivity index (χ3n) is 2.74. The van der Waals surface area contributed by atoms with Gasteiger partial charge < -0.3 is 0 Å². The highest BCUT2D eigenvalue weighted by atomic mass is 14.7. The van der Waals surface area contributed by atoms with Crippen molar-refractivity contribution in [1.82, 2.24) is 4.98 Å². The summed E-state index contributed by atoms with van der Waals surface area (Å²) in [4.78, 5) is 4.15. The number of nitrogens with zero attached hydrogens (tertiary/aromatic N) is 2. The molecule has 0 fully saturated rings. The molecule has 0 saturated carbocycles. The van der Waals surface area contributed by atoms with Crippen molar-refractivity contribution in [3.05, 3.63) is 65.0 Å². The molecular formula is C21H32N2. The minimum Gasteiger partial charge on any atom is -0.245 e. The minimum atomic E-state index is 0.548. The highest BCUT2D eigenvalue weighted by Gasteiger charge is 2.04. The molecule has 0 saturated heterocycles. The molecule has 0 aliphatic rings. The number of pyridine rings is 1. The van der Waals surface area contributed by atoms with Crippen molar-refractivity contribution in [3.63, 3.8) is 0 Å². The standard InChI is InChI=1S/C15H14N2.3C2H6/c1-12-9-14(15(10-16)17-11-12)8-7-13-5-3-2-4-6-13;3*1-2/h2-6,9,11H,7-8H2,1H3;3*1-2H3. The van der Waals surface area contributed by atoms with Gasteiger partial charge in [-0.2, -0.15) is 5.26 Å².